The van der Waals surface area contributed by atoms with Crippen molar-refractivity contribution in [2.24, 2.45) is 5.73 Å². The molecule has 2 aromatic carbocycles. The van der Waals surface area contributed by atoms with Crippen LogP contribution in [-0.4, -0.2) is 19.7 Å². The van der Waals surface area contributed by atoms with E-state index in [0.29, 0.717) is 15.1 Å². The number of aromatic hydroxyl groups is 1. The van der Waals surface area contributed by atoms with Gasteiger partial charge in [-0.2, -0.15) is 0 Å². The van der Waals surface area contributed by atoms with E-state index in [2.05, 4.69) is 22.6 Å². The summed E-state index contributed by atoms with van der Waals surface area (Å²) in [5.74, 6) is 0.437. The number of hydrogen-bond donors (Lipinski definition) is 3. The van der Waals surface area contributed by atoms with Crippen molar-refractivity contribution in [3.8, 4) is 17.2 Å². The lowest BCUT2D eigenvalue weighted by atomic mass is 10.1. The highest BCUT2D eigenvalue weighted by molar-refractivity contribution is 14.1. The molecule has 0 aliphatic carbocycles. The van der Waals surface area contributed by atoms with Crippen molar-refractivity contribution in [1.82, 2.24) is 0 Å². The van der Waals surface area contributed by atoms with Crippen LogP contribution in [0.3, 0.4) is 0 Å². The predicted molar refractivity (Wildman–Crippen MR) is 112 cm³/mol. The molecule has 0 bridgehead atoms. The summed E-state index contributed by atoms with van der Waals surface area (Å²) in [6.07, 6.45) is 0.220. The first-order chi connectivity index (χ1) is 10.7. The van der Waals surface area contributed by atoms with Crippen LogP contribution >= 0.6 is 67.8 Å². The molecule has 0 heterocycles. The molecule has 0 aliphatic heterocycles. The number of nitrogens with two attached hydrogens (primary N) is 1. The molecule has 5 nitrogen and oxygen atoms in total. The van der Waals surface area contributed by atoms with Gasteiger partial charge in [0.1, 0.15) is 17.2 Å². The standard InChI is InChI=1S/C15H12I3NO4/c16-10-6-13(11(17)5-12(10)20)23-9-3-1-8(2-4-9)7-15(18,19)14(21)22/h1-6,20H,7,19H2,(H,21,22)/t15-/m0/s1. The number of carboxylic acid groups (broad SMARTS) is 1. The molecule has 0 amide bonds. The average molecular weight is 651 g/mol. The molecule has 0 spiro atoms. The molecule has 1 atom stereocenters. The number of carboxylic acids is 1. The summed E-state index contributed by atoms with van der Waals surface area (Å²) in [7, 11) is 0. The van der Waals surface area contributed by atoms with Crippen molar-refractivity contribution in [2.45, 2.75) is 9.97 Å². The zero-order valence-electron chi connectivity index (χ0n) is 11.6. The largest absolute Gasteiger partial charge is 0.507 e. The number of halogens is 3. The van der Waals surface area contributed by atoms with Crippen molar-refractivity contribution < 1.29 is 19.7 Å². The third-order valence-electron chi connectivity index (χ3n) is 2.97. The van der Waals surface area contributed by atoms with Crippen LogP contribution in [-0.2, 0) is 11.2 Å². The number of hydrogen-bond acceptors (Lipinski definition) is 4. The van der Waals surface area contributed by atoms with Crippen molar-refractivity contribution in [3.63, 3.8) is 0 Å². The van der Waals surface area contributed by atoms with Gasteiger partial charge >= 0.3 is 5.97 Å². The zero-order chi connectivity index (χ0) is 17.2. The summed E-state index contributed by atoms with van der Waals surface area (Å²) in [6.45, 7) is 0. The Morgan fingerprint density at radius 2 is 1.78 bits per heavy atom. The van der Waals surface area contributed by atoms with E-state index >= 15 is 0 Å². The Morgan fingerprint density at radius 3 is 2.35 bits per heavy atom. The van der Waals surface area contributed by atoms with Gasteiger partial charge in [-0.25, -0.2) is 4.79 Å². The van der Waals surface area contributed by atoms with Crippen LogP contribution in [0.15, 0.2) is 36.4 Å². The molecular formula is C15H12I3NO4. The molecule has 8 heteroatoms. The monoisotopic (exact) mass is 651 g/mol. The number of carbonyl (C=O) groups is 1. The maximum atomic E-state index is 11.1. The minimum absolute atomic E-state index is 0.215. The van der Waals surface area contributed by atoms with Crippen LogP contribution < -0.4 is 10.5 Å². The van der Waals surface area contributed by atoms with Crippen LogP contribution in [0.4, 0.5) is 0 Å². The van der Waals surface area contributed by atoms with E-state index in [0.717, 1.165) is 9.13 Å². The van der Waals surface area contributed by atoms with Crippen molar-refractivity contribution in [2.75, 3.05) is 0 Å². The summed E-state index contributed by atoms with van der Waals surface area (Å²) >= 11 is 5.85. The summed E-state index contributed by atoms with van der Waals surface area (Å²) in [5, 5.41) is 18.7. The van der Waals surface area contributed by atoms with Gasteiger partial charge in [0.2, 0.25) is 0 Å². The molecule has 0 aromatic heterocycles. The number of ether oxygens (including phenoxy) is 1. The minimum atomic E-state index is -1.33. The second-order valence-corrected chi connectivity index (χ2v) is 9.07. The molecule has 2 rings (SSSR count). The number of phenols is 1. The van der Waals surface area contributed by atoms with Gasteiger partial charge in [0, 0.05) is 6.42 Å². The van der Waals surface area contributed by atoms with Gasteiger partial charge in [-0.15, -0.1) is 0 Å². The highest BCUT2D eigenvalue weighted by Gasteiger charge is 2.30. The van der Waals surface area contributed by atoms with Crippen molar-refractivity contribution in [3.05, 3.63) is 49.1 Å². The van der Waals surface area contributed by atoms with Gasteiger partial charge in [0.25, 0.3) is 0 Å². The lowest BCUT2D eigenvalue weighted by molar-refractivity contribution is -0.139. The fraction of sp³-hybridized carbons (Fsp3) is 0.133. The highest BCUT2D eigenvalue weighted by Crippen LogP contribution is 2.33. The van der Waals surface area contributed by atoms with E-state index in [1.165, 1.54) is 0 Å². The van der Waals surface area contributed by atoms with Gasteiger partial charge < -0.3 is 20.7 Å². The number of phenolic OH excluding ortho intramolecular Hbond substituents is 1. The molecule has 0 fully saturated rings. The summed E-state index contributed by atoms with van der Waals surface area (Å²) in [4.78, 5) is 11.1. The first kappa shape index (κ1) is 19.0. The zero-order valence-corrected chi connectivity index (χ0v) is 18.1. The topological polar surface area (TPSA) is 92.8 Å². The Balaban J connectivity index is 2.15. The van der Waals surface area contributed by atoms with Crippen molar-refractivity contribution >= 4 is 73.7 Å². The van der Waals surface area contributed by atoms with Crippen LogP contribution in [0, 0.1) is 7.14 Å². The Bertz CT molecular complexity index is 732. The average Bonchev–Trinajstić information content (AvgIpc) is 2.46. The number of benzene rings is 2. The molecule has 4 N–H and O–H groups in total. The molecule has 23 heavy (non-hydrogen) atoms. The van der Waals surface area contributed by atoms with Gasteiger partial charge in [-0.1, -0.05) is 12.1 Å². The molecule has 2 aromatic rings. The van der Waals surface area contributed by atoms with Crippen LogP contribution in [0.25, 0.3) is 0 Å². The number of aliphatic carboxylic acids is 1. The maximum Gasteiger partial charge on any atom is 0.334 e. The predicted octanol–water partition coefficient (Wildman–Crippen LogP) is 4.11. The Kier molecular flexibility index (Phi) is 6.35. The first-order valence-corrected chi connectivity index (χ1v) is 9.58. The van der Waals surface area contributed by atoms with Gasteiger partial charge in [-0.05, 0) is 97.6 Å². The Morgan fingerprint density at radius 1 is 1.17 bits per heavy atom. The smallest absolute Gasteiger partial charge is 0.334 e. The Hall–Kier alpha value is -0.340. The number of rotatable bonds is 5. The third-order valence-corrected chi connectivity index (χ3v) is 5.52. The lowest BCUT2D eigenvalue weighted by Gasteiger charge is -2.17. The second-order valence-electron chi connectivity index (χ2n) is 4.82. The maximum absolute atomic E-state index is 11.1. The molecule has 0 saturated carbocycles. The molecule has 122 valence electrons. The van der Waals surface area contributed by atoms with Crippen LogP contribution in [0.2, 0.25) is 0 Å². The molecule has 0 unspecified atom stereocenters. The minimum Gasteiger partial charge on any atom is -0.507 e. The van der Waals surface area contributed by atoms with Gasteiger partial charge in [0.15, 0.2) is 3.55 Å². The normalized spacial score (nSPS) is 13.4. The van der Waals surface area contributed by atoms with Gasteiger partial charge in [0.05, 0.1) is 7.14 Å². The first-order valence-electron chi connectivity index (χ1n) is 6.35. The van der Waals surface area contributed by atoms with Crippen LogP contribution in [0.5, 0.6) is 17.2 Å². The van der Waals surface area contributed by atoms with Crippen LogP contribution in [0.1, 0.15) is 5.56 Å². The fourth-order valence-corrected chi connectivity index (χ4v) is 3.21. The van der Waals surface area contributed by atoms with E-state index in [-0.39, 0.29) is 12.2 Å². The highest BCUT2D eigenvalue weighted by atomic mass is 127. The quantitative estimate of drug-likeness (QED) is 0.258. The Labute approximate surface area is 174 Å². The van der Waals surface area contributed by atoms with E-state index in [9.17, 15) is 9.90 Å². The molecule has 0 aliphatic rings. The summed E-state index contributed by atoms with van der Waals surface area (Å²) < 4.78 is 5.97. The summed E-state index contributed by atoms with van der Waals surface area (Å²) in [6, 6.07) is 10.5. The number of alkyl halides is 1. The second kappa shape index (κ2) is 7.70. The molecule has 0 radical (unpaired) electrons. The third kappa shape index (κ3) is 5.06. The fourth-order valence-electron chi connectivity index (χ4n) is 1.77. The van der Waals surface area contributed by atoms with E-state index in [1.807, 2.05) is 22.6 Å². The molecular weight excluding hydrogens is 639 g/mol. The molecule has 0 saturated heterocycles. The van der Waals surface area contributed by atoms with E-state index in [4.69, 9.17) is 15.6 Å². The SMILES string of the molecule is N[C@@](I)(Cc1ccc(Oc2cc(I)c(O)cc2I)cc1)C(=O)O. The lowest BCUT2D eigenvalue weighted by Crippen LogP contribution is -2.43. The van der Waals surface area contributed by atoms with E-state index < -0.39 is 9.51 Å². The summed E-state index contributed by atoms with van der Waals surface area (Å²) in [5.41, 5.74) is 6.55. The van der Waals surface area contributed by atoms with Gasteiger partial charge in [-0.3, -0.25) is 0 Å². The van der Waals surface area contributed by atoms with E-state index in [1.54, 1.807) is 59.0 Å². The van der Waals surface area contributed by atoms with Crippen molar-refractivity contribution in [1.29, 1.82) is 0 Å².